The minimum Gasteiger partial charge on any atom is -0.497 e. The summed E-state index contributed by atoms with van der Waals surface area (Å²) in [4.78, 5) is 12.8. The van der Waals surface area contributed by atoms with Crippen LogP contribution in [0.15, 0.2) is 72.8 Å². The topological polar surface area (TPSA) is 47.6 Å². The summed E-state index contributed by atoms with van der Waals surface area (Å²) in [7, 11) is 3.17. The first-order chi connectivity index (χ1) is 13.6. The van der Waals surface area contributed by atoms with Gasteiger partial charge in [-0.05, 0) is 29.3 Å². The number of carbonyl (C=O) groups excluding carboxylic acids is 1. The molecule has 144 valence electrons. The van der Waals surface area contributed by atoms with Crippen molar-refractivity contribution in [2.24, 2.45) is 0 Å². The number of rotatable bonds is 7. The van der Waals surface area contributed by atoms with Crippen molar-refractivity contribution in [3.63, 3.8) is 0 Å². The summed E-state index contributed by atoms with van der Waals surface area (Å²) in [6.07, 6.45) is 0.199. The Morgan fingerprint density at radius 3 is 2.25 bits per heavy atom. The molecule has 0 aliphatic carbocycles. The molecule has 0 heterocycles. The summed E-state index contributed by atoms with van der Waals surface area (Å²) < 4.78 is 10.6. The Bertz CT molecular complexity index is 926. The van der Waals surface area contributed by atoms with Crippen LogP contribution in [0.5, 0.6) is 11.5 Å². The van der Waals surface area contributed by atoms with Crippen LogP contribution in [0, 0.1) is 0 Å². The number of nitrogens with one attached hydrogen (secondary N) is 1. The zero-order valence-electron chi connectivity index (χ0n) is 15.8. The summed E-state index contributed by atoms with van der Waals surface area (Å²) >= 11 is 6.02. The van der Waals surface area contributed by atoms with E-state index >= 15 is 0 Å². The standard InChI is InChI=1S/C23H22ClNO3/c1-27-20-13-10-18(21(15-20)28-2)14-22(26)25-23(16-6-4-3-5-7-16)17-8-11-19(24)12-9-17/h3-13,15,23H,14H2,1-2H3,(H,25,26). The molecule has 0 fully saturated rings. The molecule has 3 rings (SSSR count). The van der Waals surface area contributed by atoms with Gasteiger partial charge in [0.2, 0.25) is 5.91 Å². The first kappa shape index (κ1) is 19.8. The van der Waals surface area contributed by atoms with Crippen molar-refractivity contribution >= 4 is 17.5 Å². The van der Waals surface area contributed by atoms with Gasteiger partial charge in [-0.3, -0.25) is 4.79 Å². The molecular formula is C23H22ClNO3. The van der Waals surface area contributed by atoms with Gasteiger partial charge in [-0.25, -0.2) is 0 Å². The Morgan fingerprint density at radius 2 is 1.61 bits per heavy atom. The highest BCUT2D eigenvalue weighted by Crippen LogP contribution is 2.27. The minimum atomic E-state index is -0.268. The van der Waals surface area contributed by atoms with E-state index in [9.17, 15) is 4.79 Å². The van der Waals surface area contributed by atoms with Crippen molar-refractivity contribution in [3.05, 3.63) is 94.5 Å². The Balaban J connectivity index is 1.83. The van der Waals surface area contributed by atoms with Gasteiger partial charge < -0.3 is 14.8 Å². The third kappa shape index (κ3) is 4.84. The van der Waals surface area contributed by atoms with Crippen molar-refractivity contribution in [1.29, 1.82) is 0 Å². The number of hydrogen-bond acceptors (Lipinski definition) is 3. The van der Waals surface area contributed by atoms with Gasteiger partial charge in [0.15, 0.2) is 0 Å². The predicted molar refractivity (Wildman–Crippen MR) is 111 cm³/mol. The Labute approximate surface area is 170 Å². The number of benzene rings is 3. The molecule has 1 N–H and O–H groups in total. The van der Waals surface area contributed by atoms with Crippen LogP contribution in [-0.2, 0) is 11.2 Å². The maximum Gasteiger partial charge on any atom is 0.225 e. The predicted octanol–water partition coefficient (Wildman–Crippen LogP) is 4.81. The molecule has 1 unspecified atom stereocenters. The van der Waals surface area contributed by atoms with Crippen LogP contribution in [0.25, 0.3) is 0 Å². The van der Waals surface area contributed by atoms with Gasteiger partial charge in [-0.1, -0.05) is 60.1 Å². The van der Waals surface area contributed by atoms with Crippen molar-refractivity contribution in [2.75, 3.05) is 14.2 Å². The molecule has 5 heteroatoms. The SMILES string of the molecule is COc1ccc(CC(=O)NC(c2ccccc2)c2ccc(Cl)cc2)c(OC)c1. The highest BCUT2D eigenvalue weighted by atomic mass is 35.5. The van der Waals surface area contributed by atoms with E-state index in [1.165, 1.54) is 0 Å². The molecular weight excluding hydrogens is 374 g/mol. The van der Waals surface area contributed by atoms with E-state index in [-0.39, 0.29) is 18.4 Å². The minimum absolute atomic E-state index is 0.104. The Kier molecular flexibility index (Phi) is 6.56. The number of methoxy groups -OCH3 is 2. The van der Waals surface area contributed by atoms with Crippen molar-refractivity contribution in [2.45, 2.75) is 12.5 Å². The fraction of sp³-hybridized carbons (Fsp3) is 0.174. The molecule has 0 aromatic heterocycles. The molecule has 0 bridgehead atoms. The third-order valence-electron chi connectivity index (χ3n) is 4.49. The van der Waals surface area contributed by atoms with E-state index in [1.807, 2.05) is 66.7 Å². The molecule has 28 heavy (non-hydrogen) atoms. The van der Waals surface area contributed by atoms with Crippen LogP contribution in [0.1, 0.15) is 22.7 Å². The van der Waals surface area contributed by atoms with Gasteiger partial charge in [-0.2, -0.15) is 0 Å². The molecule has 0 saturated carbocycles. The van der Waals surface area contributed by atoms with Crippen molar-refractivity contribution < 1.29 is 14.3 Å². The average molecular weight is 396 g/mol. The summed E-state index contributed by atoms with van der Waals surface area (Å²) in [5, 5.41) is 3.79. The van der Waals surface area contributed by atoms with Crippen molar-refractivity contribution in [1.82, 2.24) is 5.32 Å². The maximum atomic E-state index is 12.8. The number of carbonyl (C=O) groups is 1. The maximum absolute atomic E-state index is 12.8. The molecule has 3 aromatic carbocycles. The van der Waals surface area contributed by atoms with Gasteiger partial charge in [-0.15, -0.1) is 0 Å². The molecule has 0 spiro atoms. The quantitative estimate of drug-likeness (QED) is 0.624. The summed E-state index contributed by atoms with van der Waals surface area (Å²) in [5.74, 6) is 1.20. The highest BCUT2D eigenvalue weighted by Gasteiger charge is 2.18. The second-order valence-electron chi connectivity index (χ2n) is 6.32. The summed E-state index contributed by atoms with van der Waals surface area (Å²) in [6.45, 7) is 0. The van der Waals surface area contributed by atoms with Crippen LogP contribution in [0.2, 0.25) is 5.02 Å². The molecule has 4 nitrogen and oxygen atoms in total. The largest absolute Gasteiger partial charge is 0.497 e. The first-order valence-corrected chi connectivity index (χ1v) is 9.29. The first-order valence-electron chi connectivity index (χ1n) is 8.91. The number of halogens is 1. The number of ether oxygens (including phenoxy) is 2. The molecule has 0 saturated heterocycles. The van der Waals surface area contributed by atoms with Crippen LogP contribution < -0.4 is 14.8 Å². The second kappa shape index (κ2) is 9.29. The summed E-state index contributed by atoms with van der Waals surface area (Å²) in [6, 6.07) is 22.5. The molecule has 0 radical (unpaired) electrons. The van der Waals surface area contributed by atoms with Crippen LogP contribution in [0.4, 0.5) is 0 Å². The Hall–Kier alpha value is -2.98. The molecule has 0 aliphatic heterocycles. The lowest BCUT2D eigenvalue weighted by molar-refractivity contribution is -0.121. The lowest BCUT2D eigenvalue weighted by Crippen LogP contribution is -2.30. The Morgan fingerprint density at radius 1 is 0.929 bits per heavy atom. The van der Waals surface area contributed by atoms with E-state index in [0.29, 0.717) is 16.5 Å². The van der Waals surface area contributed by atoms with E-state index in [0.717, 1.165) is 16.7 Å². The van der Waals surface area contributed by atoms with Gasteiger partial charge in [0.1, 0.15) is 11.5 Å². The smallest absolute Gasteiger partial charge is 0.225 e. The molecule has 3 aromatic rings. The van der Waals surface area contributed by atoms with Gasteiger partial charge in [0, 0.05) is 16.7 Å². The van der Waals surface area contributed by atoms with E-state index < -0.39 is 0 Å². The normalized spacial score (nSPS) is 11.5. The molecule has 0 aliphatic rings. The zero-order chi connectivity index (χ0) is 19.9. The molecule has 1 atom stereocenters. The fourth-order valence-corrected chi connectivity index (χ4v) is 3.17. The van der Waals surface area contributed by atoms with E-state index in [2.05, 4.69) is 5.32 Å². The number of amides is 1. The second-order valence-corrected chi connectivity index (χ2v) is 6.75. The van der Waals surface area contributed by atoms with Gasteiger partial charge >= 0.3 is 0 Å². The van der Waals surface area contributed by atoms with Gasteiger partial charge in [0.25, 0.3) is 0 Å². The molecule has 1 amide bonds. The lowest BCUT2D eigenvalue weighted by atomic mass is 9.98. The lowest BCUT2D eigenvalue weighted by Gasteiger charge is -2.20. The third-order valence-corrected chi connectivity index (χ3v) is 4.74. The van der Waals surface area contributed by atoms with Crippen LogP contribution >= 0.6 is 11.6 Å². The zero-order valence-corrected chi connectivity index (χ0v) is 16.6. The highest BCUT2D eigenvalue weighted by molar-refractivity contribution is 6.30. The van der Waals surface area contributed by atoms with E-state index in [4.69, 9.17) is 21.1 Å². The van der Waals surface area contributed by atoms with Crippen LogP contribution in [0.3, 0.4) is 0 Å². The van der Waals surface area contributed by atoms with Crippen LogP contribution in [-0.4, -0.2) is 20.1 Å². The van der Waals surface area contributed by atoms with Gasteiger partial charge in [0.05, 0.1) is 26.7 Å². The monoisotopic (exact) mass is 395 g/mol. The average Bonchev–Trinajstić information content (AvgIpc) is 2.73. The van der Waals surface area contributed by atoms with E-state index in [1.54, 1.807) is 20.3 Å². The summed E-state index contributed by atoms with van der Waals surface area (Å²) in [5.41, 5.74) is 2.76. The van der Waals surface area contributed by atoms with Crippen molar-refractivity contribution in [3.8, 4) is 11.5 Å². The number of hydrogen-bond donors (Lipinski definition) is 1. The fourth-order valence-electron chi connectivity index (χ4n) is 3.04.